The molecular formula is C12H22N2O4. The maximum atomic E-state index is 11.6. The summed E-state index contributed by atoms with van der Waals surface area (Å²) in [4.78, 5) is 22.4. The standard InChI is InChI=1S/C12H22N2O4/c1-7-3-5-9(6-4-7)13-12(18)14-10(8(2)15)11(16)17/h7-10,15H,3-6H2,1-2H3,(H,16,17)(H2,13,14,18)/t7?,8-,9?,10+/m1/s1. The fourth-order valence-electron chi connectivity index (χ4n) is 2.16. The van der Waals surface area contributed by atoms with E-state index in [2.05, 4.69) is 17.6 Å². The molecule has 104 valence electrons. The highest BCUT2D eigenvalue weighted by Crippen LogP contribution is 2.23. The molecule has 0 aromatic heterocycles. The third-order valence-corrected chi connectivity index (χ3v) is 3.39. The third kappa shape index (κ3) is 4.52. The Bertz CT molecular complexity index is 298. The van der Waals surface area contributed by atoms with Crippen molar-refractivity contribution < 1.29 is 19.8 Å². The van der Waals surface area contributed by atoms with Gasteiger partial charge >= 0.3 is 12.0 Å². The number of urea groups is 1. The molecule has 0 saturated heterocycles. The van der Waals surface area contributed by atoms with Crippen LogP contribution in [0.4, 0.5) is 4.79 Å². The highest BCUT2D eigenvalue weighted by atomic mass is 16.4. The Morgan fingerprint density at radius 1 is 1.22 bits per heavy atom. The lowest BCUT2D eigenvalue weighted by Crippen LogP contribution is -2.53. The number of amides is 2. The molecule has 1 aliphatic carbocycles. The Morgan fingerprint density at radius 2 is 1.78 bits per heavy atom. The van der Waals surface area contributed by atoms with Gasteiger partial charge in [0, 0.05) is 6.04 Å². The molecule has 0 unspecified atom stereocenters. The second kappa shape index (κ2) is 6.58. The summed E-state index contributed by atoms with van der Waals surface area (Å²) >= 11 is 0. The first kappa shape index (κ1) is 14.8. The van der Waals surface area contributed by atoms with Gasteiger partial charge in [-0.3, -0.25) is 0 Å². The maximum absolute atomic E-state index is 11.6. The van der Waals surface area contributed by atoms with Gasteiger partial charge in [-0.25, -0.2) is 9.59 Å². The van der Waals surface area contributed by atoms with E-state index in [0.717, 1.165) is 25.7 Å². The molecule has 18 heavy (non-hydrogen) atoms. The molecule has 4 N–H and O–H groups in total. The third-order valence-electron chi connectivity index (χ3n) is 3.39. The molecule has 1 rings (SSSR count). The number of nitrogens with one attached hydrogen (secondary N) is 2. The first-order chi connectivity index (χ1) is 8.40. The predicted octanol–water partition coefficient (Wildman–Crippen LogP) is 0.698. The Labute approximate surface area is 107 Å². The van der Waals surface area contributed by atoms with Crippen LogP contribution in [0.1, 0.15) is 39.5 Å². The molecule has 6 nitrogen and oxygen atoms in total. The van der Waals surface area contributed by atoms with Crippen LogP contribution in [0.3, 0.4) is 0 Å². The fraction of sp³-hybridized carbons (Fsp3) is 0.833. The van der Waals surface area contributed by atoms with Crippen LogP contribution in [-0.4, -0.2) is 40.4 Å². The Balaban J connectivity index is 2.38. The summed E-state index contributed by atoms with van der Waals surface area (Å²) in [5, 5.41) is 23.1. The van der Waals surface area contributed by atoms with Gasteiger partial charge in [-0.2, -0.15) is 0 Å². The number of carboxylic acids is 1. The van der Waals surface area contributed by atoms with Crippen molar-refractivity contribution in [2.75, 3.05) is 0 Å². The van der Waals surface area contributed by atoms with Gasteiger partial charge in [-0.15, -0.1) is 0 Å². The molecule has 0 spiro atoms. The molecule has 1 fully saturated rings. The largest absolute Gasteiger partial charge is 0.480 e. The van der Waals surface area contributed by atoms with Crippen LogP contribution in [-0.2, 0) is 4.79 Å². The number of carboxylic acid groups (broad SMARTS) is 1. The molecule has 0 aromatic rings. The van der Waals surface area contributed by atoms with Gasteiger partial charge < -0.3 is 20.8 Å². The zero-order valence-corrected chi connectivity index (χ0v) is 10.8. The highest BCUT2D eigenvalue weighted by molar-refractivity contribution is 5.83. The summed E-state index contributed by atoms with van der Waals surface area (Å²) in [6.45, 7) is 3.52. The lowest BCUT2D eigenvalue weighted by atomic mass is 9.87. The number of rotatable bonds is 4. The van der Waals surface area contributed by atoms with Gasteiger partial charge in [-0.1, -0.05) is 6.92 Å². The molecule has 6 heteroatoms. The lowest BCUT2D eigenvalue weighted by molar-refractivity contribution is -0.141. The normalized spacial score (nSPS) is 27.1. The summed E-state index contributed by atoms with van der Waals surface area (Å²) < 4.78 is 0. The Morgan fingerprint density at radius 3 is 2.22 bits per heavy atom. The summed E-state index contributed by atoms with van der Waals surface area (Å²) in [6, 6.07) is -1.69. The second-order valence-electron chi connectivity index (χ2n) is 5.13. The molecule has 1 saturated carbocycles. The summed E-state index contributed by atoms with van der Waals surface area (Å²) in [5.74, 6) is -0.548. The first-order valence-corrected chi connectivity index (χ1v) is 6.38. The van der Waals surface area contributed by atoms with Crippen LogP contribution < -0.4 is 10.6 Å². The number of aliphatic hydroxyl groups is 1. The number of aliphatic carboxylic acids is 1. The lowest BCUT2D eigenvalue weighted by Gasteiger charge is -2.27. The zero-order chi connectivity index (χ0) is 13.7. The minimum atomic E-state index is -1.27. The molecule has 0 bridgehead atoms. The molecule has 2 atom stereocenters. The van der Waals surface area contributed by atoms with Crippen molar-refractivity contribution in [1.82, 2.24) is 10.6 Å². The molecular weight excluding hydrogens is 236 g/mol. The van der Waals surface area contributed by atoms with Crippen molar-refractivity contribution >= 4 is 12.0 Å². The minimum Gasteiger partial charge on any atom is -0.480 e. The van der Waals surface area contributed by atoms with E-state index in [9.17, 15) is 14.7 Å². The SMILES string of the molecule is CC1CCC(NC(=O)N[C@H](C(=O)O)[C@@H](C)O)CC1. The average Bonchev–Trinajstić information content (AvgIpc) is 2.28. The van der Waals surface area contributed by atoms with Gasteiger partial charge in [0.1, 0.15) is 0 Å². The van der Waals surface area contributed by atoms with Gasteiger partial charge in [0.2, 0.25) is 0 Å². The van der Waals surface area contributed by atoms with E-state index in [0.29, 0.717) is 5.92 Å². The Kier molecular flexibility index (Phi) is 5.40. The van der Waals surface area contributed by atoms with E-state index in [1.54, 1.807) is 0 Å². The number of aliphatic hydroxyl groups excluding tert-OH is 1. The monoisotopic (exact) mass is 258 g/mol. The fourth-order valence-corrected chi connectivity index (χ4v) is 2.16. The van der Waals surface area contributed by atoms with E-state index in [1.807, 2.05) is 0 Å². The van der Waals surface area contributed by atoms with Crippen molar-refractivity contribution in [3.8, 4) is 0 Å². The maximum Gasteiger partial charge on any atom is 0.328 e. The van der Waals surface area contributed by atoms with E-state index in [1.165, 1.54) is 6.92 Å². The van der Waals surface area contributed by atoms with Gasteiger partial charge in [-0.05, 0) is 38.5 Å². The van der Waals surface area contributed by atoms with Crippen LogP contribution >= 0.6 is 0 Å². The van der Waals surface area contributed by atoms with Crippen LogP contribution in [0.2, 0.25) is 0 Å². The summed E-state index contributed by atoms with van der Waals surface area (Å²) in [7, 11) is 0. The van der Waals surface area contributed by atoms with Crippen LogP contribution in [0.15, 0.2) is 0 Å². The molecule has 0 heterocycles. The van der Waals surface area contributed by atoms with Crippen molar-refractivity contribution in [3.63, 3.8) is 0 Å². The minimum absolute atomic E-state index is 0.102. The quantitative estimate of drug-likeness (QED) is 0.596. The highest BCUT2D eigenvalue weighted by Gasteiger charge is 2.26. The van der Waals surface area contributed by atoms with Gasteiger partial charge in [0.05, 0.1) is 6.10 Å². The van der Waals surface area contributed by atoms with Crippen molar-refractivity contribution in [1.29, 1.82) is 0 Å². The summed E-state index contributed by atoms with van der Waals surface area (Å²) in [6.07, 6.45) is 2.86. The second-order valence-corrected chi connectivity index (χ2v) is 5.13. The Hall–Kier alpha value is -1.30. The van der Waals surface area contributed by atoms with Gasteiger partial charge in [0.25, 0.3) is 0 Å². The average molecular weight is 258 g/mol. The molecule has 1 aliphatic rings. The van der Waals surface area contributed by atoms with Crippen LogP contribution in [0.5, 0.6) is 0 Å². The van der Waals surface area contributed by atoms with Crippen molar-refractivity contribution in [2.24, 2.45) is 5.92 Å². The van der Waals surface area contributed by atoms with Crippen LogP contribution in [0.25, 0.3) is 0 Å². The van der Waals surface area contributed by atoms with E-state index < -0.39 is 24.1 Å². The predicted molar refractivity (Wildman–Crippen MR) is 66.2 cm³/mol. The van der Waals surface area contributed by atoms with Gasteiger partial charge in [0.15, 0.2) is 6.04 Å². The smallest absolute Gasteiger partial charge is 0.328 e. The molecule has 0 aliphatic heterocycles. The number of carbonyl (C=O) groups is 2. The molecule has 2 amide bonds. The summed E-state index contributed by atoms with van der Waals surface area (Å²) in [5.41, 5.74) is 0. The number of hydrogen-bond acceptors (Lipinski definition) is 3. The topological polar surface area (TPSA) is 98.7 Å². The van der Waals surface area contributed by atoms with E-state index in [-0.39, 0.29) is 6.04 Å². The van der Waals surface area contributed by atoms with Crippen LogP contribution in [0, 0.1) is 5.92 Å². The molecule has 0 radical (unpaired) electrons. The van der Waals surface area contributed by atoms with E-state index in [4.69, 9.17) is 5.11 Å². The van der Waals surface area contributed by atoms with E-state index >= 15 is 0 Å². The number of hydrogen-bond donors (Lipinski definition) is 4. The van der Waals surface area contributed by atoms with Crippen molar-refractivity contribution in [2.45, 2.75) is 57.7 Å². The van der Waals surface area contributed by atoms with Crippen molar-refractivity contribution in [3.05, 3.63) is 0 Å². The first-order valence-electron chi connectivity index (χ1n) is 6.38. The zero-order valence-electron chi connectivity index (χ0n) is 10.8. The number of carbonyl (C=O) groups excluding carboxylic acids is 1. The molecule has 0 aromatic carbocycles.